The summed E-state index contributed by atoms with van der Waals surface area (Å²) in [7, 11) is 0. The summed E-state index contributed by atoms with van der Waals surface area (Å²) < 4.78 is 0. The minimum Gasteiger partial charge on any atom is -0.0882 e. The normalized spacial score (nSPS) is 25.5. The summed E-state index contributed by atoms with van der Waals surface area (Å²) in [6.07, 6.45) is 19.5. The second kappa shape index (κ2) is 5.96. The molecule has 0 aromatic carbocycles. The van der Waals surface area contributed by atoms with E-state index in [1.54, 1.807) is 0 Å². The Balaban J connectivity index is 2.35. The molecular weight excluding hydrogens is 132 g/mol. The van der Waals surface area contributed by atoms with Crippen molar-refractivity contribution in [3.8, 4) is 0 Å². The third-order valence-corrected chi connectivity index (χ3v) is 1.81. The molecule has 0 heterocycles. The number of allylic oxidation sites excluding steroid dienone is 6. The summed E-state index contributed by atoms with van der Waals surface area (Å²) >= 11 is 0. The molecule has 0 N–H and O–H groups in total. The van der Waals surface area contributed by atoms with Crippen LogP contribution >= 0.6 is 0 Å². The summed E-state index contributed by atoms with van der Waals surface area (Å²) in [5.41, 5.74) is 0. The Labute approximate surface area is 69.3 Å². The lowest BCUT2D eigenvalue weighted by Crippen LogP contribution is -1.71. The van der Waals surface area contributed by atoms with Gasteiger partial charge in [-0.05, 0) is 32.1 Å². The maximum atomic E-state index is 2.29. The van der Waals surface area contributed by atoms with E-state index in [0.717, 1.165) is 6.42 Å². The zero-order chi connectivity index (χ0) is 7.78. The van der Waals surface area contributed by atoms with Gasteiger partial charge in [-0.25, -0.2) is 0 Å². The predicted molar refractivity (Wildman–Crippen MR) is 50.5 cm³/mol. The quantitative estimate of drug-likeness (QED) is 0.460. The van der Waals surface area contributed by atoms with Gasteiger partial charge >= 0.3 is 0 Å². The van der Waals surface area contributed by atoms with Crippen LogP contribution in [-0.2, 0) is 0 Å². The fraction of sp³-hybridized carbons (Fsp3) is 0.455. The molecule has 11 heavy (non-hydrogen) atoms. The summed E-state index contributed by atoms with van der Waals surface area (Å²) in [6, 6.07) is 0. The van der Waals surface area contributed by atoms with Crippen LogP contribution in [0.2, 0.25) is 0 Å². The molecule has 0 radical (unpaired) electrons. The second-order valence-electron chi connectivity index (χ2n) is 2.85. The lowest BCUT2D eigenvalue weighted by atomic mass is 10.2. The Hall–Kier alpha value is -0.780. The lowest BCUT2D eigenvalue weighted by molar-refractivity contribution is 0.761. The maximum absolute atomic E-state index is 2.29. The Kier molecular flexibility index (Phi) is 4.51. The van der Waals surface area contributed by atoms with Crippen LogP contribution in [-0.4, -0.2) is 0 Å². The molecular formula is C11H16. The van der Waals surface area contributed by atoms with Gasteiger partial charge < -0.3 is 0 Å². The Morgan fingerprint density at radius 2 is 1.36 bits per heavy atom. The Morgan fingerprint density at radius 3 is 2.27 bits per heavy atom. The van der Waals surface area contributed by atoms with Crippen molar-refractivity contribution in [3.63, 3.8) is 0 Å². The number of hydrogen-bond acceptors (Lipinski definition) is 0. The third-order valence-electron chi connectivity index (χ3n) is 1.81. The van der Waals surface area contributed by atoms with Crippen molar-refractivity contribution < 1.29 is 0 Å². The molecule has 0 aromatic rings. The monoisotopic (exact) mass is 148 g/mol. The van der Waals surface area contributed by atoms with E-state index in [1.165, 1.54) is 25.7 Å². The van der Waals surface area contributed by atoms with Gasteiger partial charge in [-0.15, -0.1) is 0 Å². The molecule has 0 nitrogen and oxygen atoms in total. The molecule has 0 heteroatoms. The van der Waals surface area contributed by atoms with E-state index in [-0.39, 0.29) is 0 Å². The highest BCUT2D eigenvalue weighted by atomic mass is 13.9. The summed E-state index contributed by atoms with van der Waals surface area (Å²) in [4.78, 5) is 0. The van der Waals surface area contributed by atoms with Crippen LogP contribution in [0.15, 0.2) is 36.5 Å². The molecule has 0 atom stereocenters. The van der Waals surface area contributed by atoms with E-state index in [9.17, 15) is 0 Å². The van der Waals surface area contributed by atoms with Crippen molar-refractivity contribution in [3.05, 3.63) is 36.5 Å². The van der Waals surface area contributed by atoms with Crippen molar-refractivity contribution in [2.45, 2.75) is 32.1 Å². The van der Waals surface area contributed by atoms with E-state index in [0.29, 0.717) is 0 Å². The molecule has 0 unspecified atom stereocenters. The molecule has 0 spiro atoms. The molecule has 0 saturated heterocycles. The summed E-state index contributed by atoms with van der Waals surface area (Å²) in [5.74, 6) is 0. The van der Waals surface area contributed by atoms with E-state index in [2.05, 4.69) is 36.5 Å². The van der Waals surface area contributed by atoms with Crippen LogP contribution in [0.25, 0.3) is 0 Å². The van der Waals surface area contributed by atoms with Gasteiger partial charge in [0.1, 0.15) is 0 Å². The first-order valence-corrected chi connectivity index (χ1v) is 4.47. The van der Waals surface area contributed by atoms with Gasteiger partial charge in [-0.1, -0.05) is 36.5 Å². The van der Waals surface area contributed by atoms with Gasteiger partial charge in [0.15, 0.2) is 0 Å². The van der Waals surface area contributed by atoms with Crippen LogP contribution < -0.4 is 0 Å². The largest absolute Gasteiger partial charge is 0.0882 e. The van der Waals surface area contributed by atoms with Crippen molar-refractivity contribution in [1.82, 2.24) is 0 Å². The predicted octanol–water partition coefficient (Wildman–Crippen LogP) is 3.62. The molecule has 0 aromatic heterocycles. The molecule has 0 aliphatic heterocycles. The van der Waals surface area contributed by atoms with Crippen LogP contribution in [0.5, 0.6) is 0 Å². The highest BCUT2D eigenvalue weighted by molar-refractivity contribution is 5.05. The van der Waals surface area contributed by atoms with Gasteiger partial charge in [0.2, 0.25) is 0 Å². The summed E-state index contributed by atoms with van der Waals surface area (Å²) in [6.45, 7) is 0. The topological polar surface area (TPSA) is 0 Å². The maximum Gasteiger partial charge on any atom is -0.0166 e. The highest BCUT2D eigenvalue weighted by Gasteiger charge is 1.83. The first-order valence-electron chi connectivity index (χ1n) is 4.47. The molecule has 0 fully saturated rings. The minimum atomic E-state index is 1.09. The van der Waals surface area contributed by atoms with Gasteiger partial charge in [0.25, 0.3) is 0 Å². The second-order valence-corrected chi connectivity index (χ2v) is 2.85. The SMILES string of the molecule is C1=CC/C=C\CCCC/C=C\1. The van der Waals surface area contributed by atoms with E-state index in [1.807, 2.05) is 0 Å². The molecule has 0 amide bonds. The van der Waals surface area contributed by atoms with E-state index < -0.39 is 0 Å². The Bertz CT molecular complexity index is 161. The molecule has 1 aliphatic carbocycles. The van der Waals surface area contributed by atoms with Crippen molar-refractivity contribution in [2.75, 3.05) is 0 Å². The lowest BCUT2D eigenvalue weighted by Gasteiger charge is -1.90. The van der Waals surface area contributed by atoms with Gasteiger partial charge in [0, 0.05) is 0 Å². The molecule has 60 valence electrons. The number of rotatable bonds is 0. The smallest absolute Gasteiger partial charge is 0.0166 e. The van der Waals surface area contributed by atoms with Gasteiger partial charge in [0.05, 0.1) is 0 Å². The fourth-order valence-electron chi connectivity index (χ4n) is 1.15. The minimum absolute atomic E-state index is 1.09. The van der Waals surface area contributed by atoms with Crippen LogP contribution in [0.4, 0.5) is 0 Å². The summed E-state index contributed by atoms with van der Waals surface area (Å²) in [5, 5.41) is 0. The average molecular weight is 148 g/mol. The highest BCUT2D eigenvalue weighted by Crippen LogP contribution is 2.03. The average Bonchev–Trinajstić information content (AvgIpc) is 2.08. The molecule has 1 aliphatic rings. The van der Waals surface area contributed by atoms with Crippen molar-refractivity contribution in [2.24, 2.45) is 0 Å². The first-order chi connectivity index (χ1) is 5.50. The molecule has 0 saturated carbocycles. The van der Waals surface area contributed by atoms with Gasteiger partial charge in [-0.3, -0.25) is 0 Å². The first kappa shape index (κ1) is 8.32. The van der Waals surface area contributed by atoms with E-state index >= 15 is 0 Å². The van der Waals surface area contributed by atoms with Crippen LogP contribution in [0, 0.1) is 0 Å². The standard InChI is InChI=1S/C11H16/c1-2-4-6-8-10-11-9-7-5-3-1/h1-4,7,9H,5-6,8,10-11H2/b3-1?,4-2-,9-7-. The van der Waals surface area contributed by atoms with Crippen molar-refractivity contribution in [1.29, 1.82) is 0 Å². The Morgan fingerprint density at radius 1 is 0.636 bits per heavy atom. The van der Waals surface area contributed by atoms with Crippen molar-refractivity contribution >= 4 is 0 Å². The third kappa shape index (κ3) is 4.60. The van der Waals surface area contributed by atoms with Crippen LogP contribution in [0.3, 0.4) is 0 Å². The fourth-order valence-corrected chi connectivity index (χ4v) is 1.15. The zero-order valence-corrected chi connectivity index (χ0v) is 7.00. The van der Waals surface area contributed by atoms with E-state index in [4.69, 9.17) is 0 Å². The molecule has 1 rings (SSSR count). The van der Waals surface area contributed by atoms with Gasteiger partial charge in [-0.2, -0.15) is 0 Å². The zero-order valence-electron chi connectivity index (χ0n) is 7.00. The number of hydrogen-bond donors (Lipinski definition) is 0. The van der Waals surface area contributed by atoms with Crippen LogP contribution in [0.1, 0.15) is 32.1 Å². The molecule has 0 bridgehead atoms.